The lowest BCUT2D eigenvalue weighted by molar-refractivity contribution is -0.113. The lowest BCUT2D eigenvalue weighted by Crippen LogP contribution is -2.14. The third-order valence-electron chi connectivity index (χ3n) is 4.02. The van der Waals surface area contributed by atoms with E-state index in [1.165, 1.54) is 11.8 Å². The number of nitrogens with zero attached hydrogens (tertiary/aromatic N) is 3. The van der Waals surface area contributed by atoms with E-state index in [-0.39, 0.29) is 11.7 Å². The van der Waals surface area contributed by atoms with Crippen LogP contribution in [0.1, 0.15) is 5.56 Å². The Hall–Kier alpha value is -2.57. The molecule has 26 heavy (non-hydrogen) atoms. The van der Waals surface area contributed by atoms with Gasteiger partial charge in [-0.25, -0.2) is 0 Å². The topological polar surface area (TPSA) is 59.3 Å². The molecule has 0 aliphatic heterocycles. The third-order valence-corrected chi connectivity index (χ3v) is 5.18. The van der Waals surface area contributed by atoms with Gasteiger partial charge >= 0.3 is 0 Å². The number of nitrogens with one attached hydrogen (secondary N) is 1. The SMILES string of the molecule is Cc1cc2nnc(SCC(=O)Nc3ccccc3)n2c2ccc(Cl)cc12. The molecule has 2 aromatic heterocycles. The predicted molar refractivity (Wildman–Crippen MR) is 106 cm³/mol. The second kappa shape index (κ2) is 6.97. The van der Waals surface area contributed by atoms with Crippen LogP contribution in [-0.2, 0) is 4.79 Å². The van der Waals surface area contributed by atoms with E-state index in [0.29, 0.717) is 10.2 Å². The van der Waals surface area contributed by atoms with Crippen molar-refractivity contribution in [3.63, 3.8) is 0 Å². The molecule has 0 spiro atoms. The molecule has 7 heteroatoms. The number of pyridine rings is 1. The first-order valence-corrected chi connectivity index (χ1v) is 9.40. The Morgan fingerprint density at radius 2 is 1.96 bits per heavy atom. The van der Waals surface area contributed by atoms with E-state index < -0.39 is 0 Å². The lowest BCUT2D eigenvalue weighted by atomic mass is 10.1. The number of thioether (sulfide) groups is 1. The van der Waals surface area contributed by atoms with E-state index >= 15 is 0 Å². The molecule has 5 nitrogen and oxygen atoms in total. The number of carbonyl (C=O) groups is 1. The number of rotatable bonds is 4. The Kier molecular flexibility index (Phi) is 4.53. The minimum Gasteiger partial charge on any atom is -0.325 e. The first-order valence-electron chi connectivity index (χ1n) is 8.03. The fourth-order valence-corrected chi connectivity index (χ4v) is 3.76. The first kappa shape index (κ1) is 16.9. The van der Waals surface area contributed by atoms with Crippen LogP contribution in [0, 0.1) is 6.92 Å². The fraction of sp³-hybridized carbons (Fsp3) is 0.105. The van der Waals surface area contributed by atoms with E-state index in [1.807, 2.05) is 65.9 Å². The van der Waals surface area contributed by atoms with Crippen LogP contribution in [-0.4, -0.2) is 26.3 Å². The molecule has 0 aliphatic carbocycles. The number of para-hydroxylation sites is 1. The van der Waals surface area contributed by atoms with E-state index in [0.717, 1.165) is 27.8 Å². The van der Waals surface area contributed by atoms with Gasteiger partial charge < -0.3 is 5.32 Å². The summed E-state index contributed by atoms with van der Waals surface area (Å²) in [7, 11) is 0. The molecule has 0 unspecified atom stereocenters. The van der Waals surface area contributed by atoms with Crippen molar-refractivity contribution in [2.75, 3.05) is 11.1 Å². The molecule has 4 rings (SSSR count). The molecular weight excluding hydrogens is 368 g/mol. The molecule has 2 aromatic carbocycles. The highest BCUT2D eigenvalue weighted by Crippen LogP contribution is 2.27. The van der Waals surface area contributed by atoms with Crippen LogP contribution in [0.4, 0.5) is 5.69 Å². The molecular formula is C19H15ClN4OS. The summed E-state index contributed by atoms with van der Waals surface area (Å²) >= 11 is 7.49. The highest BCUT2D eigenvalue weighted by Gasteiger charge is 2.13. The molecule has 2 heterocycles. The molecule has 1 amide bonds. The maximum absolute atomic E-state index is 12.2. The monoisotopic (exact) mass is 382 g/mol. The highest BCUT2D eigenvalue weighted by atomic mass is 35.5. The zero-order valence-corrected chi connectivity index (χ0v) is 15.5. The van der Waals surface area contributed by atoms with Gasteiger partial charge in [-0.05, 0) is 48.9 Å². The van der Waals surface area contributed by atoms with Crippen LogP contribution in [0.2, 0.25) is 5.02 Å². The van der Waals surface area contributed by atoms with Crippen LogP contribution in [0.25, 0.3) is 16.6 Å². The van der Waals surface area contributed by atoms with Gasteiger partial charge in [-0.3, -0.25) is 9.20 Å². The summed E-state index contributed by atoms with van der Waals surface area (Å²) in [4.78, 5) is 12.2. The summed E-state index contributed by atoms with van der Waals surface area (Å²) in [5.74, 6) is 0.163. The number of hydrogen-bond acceptors (Lipinski definition) is 4. The van der Waals surface area contributed by atoms with Crippen molar-refractivity contribution in [2.24, 2.45) is 0 Å². The number of hydrogen-bond donors (Lipinski definition) is 1. The standard InChI is InChI=1S/C19H15ClN4OS/c1-12-9-17-22-23-19(24(17)16-8-7-13(20)10-15(12)16)26-11-18(25)21-14-5-3-2-4-6-14/h2-10H,11H2,1H3,(H,21,25). The third kappa shape index (κ3) is 3.25. The maximum atomic E-state index is 12.2. The second-order valence-corrected chi connectivity index (χ2v) is 7.25. The van der Waals surface area contributed by atoms with Crippen LogP contribution in [0.15, 0.2) is 59.8 Å². The van der Waals surface area contributed by atoms with E-state index in [9.17, 15) is 4.79 Å². The summed E-state index contributed by atoms with van der Waals surface area (Å²) < 4.78 is 1.96. The molecule has 0 atom stereocenters. The smallest absolute Gasteiger partial charge is 0.234 e. The van der Waals surface area contributed by atoms with Crippen molar-refractivity contribution in [3.8, 4) is 0 Å². The summed E-state index contributed by atoms with van der Waals surface area (Å²) in [5.41, 5.74) is 3.59. The van der Waals surface area contributed by atoms with Gasteiger partial charge in [-0.15, -0.1) is 10.2 Å². The van der Waals surface area contributed by atoms with Crippen LogP contribution < -0.4 is 5.32 Å². The number of amides is 1. The van der Waals surface area contributed by atoms with Crippen molar-refractivity contribution in [2.45, 2.75) is 12.1 Å². The number of anilines is 1. The van der Waals surface area contributed by atoms with Gasteiger partial charge in [0.1, 0.15) is 0 Å². The van der Waals surface area contributed by atoms with E-state index in [4.69, 9.17) is 11.6 Å². The van der Waals surface area contributed by atoms with Gasteiger partial charge in [0.15, 0.2) is 10.8 Å². The molecule has 130 valence electrons. The highest BCUT2D eigenvalue weighted by molar-refractivity contribution is 7.99. The Labute approximate surface area is 159 Å². The second-order valence-electron chi connectivity index (χ2n) is 5.87. The first-order chi connectivity index (χ1) is 12.6. The molecule has 0 saturated carbocycles. The number of aromatic nitrogens is 3. The molecule has 0 saturated heterocycles. The van der Waals surface area contributed by atoms with Crippen LogP contribution >= 0.6 is 23.4 Å². The summed E-state index contributed by atoms with van der Waals surface area (Å²) in [6.07, 6.45) is 0. The number of aryl methyl sites for hydroxylation is 1. The van der Waals surface area contributed by atoms with E-state index in [2.05, 4.69) is 15.5 Å². The molecule has 4 aromatic rings. The Bertz CT molecular complexity index is 1110. The Morgan fingerprint density at radius 1 is 1.15 bits per heavy atom. The average molecular weight is 383 g/mol. The van der Waals surface area contributed by atoms with Gasteiger partial charge in [0.25, 0.3) is 0 Å². The number of benzene rings is 2. The number of halogens is 1. The quantitative estimate of drug-likeness (QED) is 0.525. The van der Waals surface area contributed by atoms with Gasteiger partial charge in [0.2, 0.25) is 5.91 Å². The van der Waals surface area contributed by atoms with Gasteiger partial charge in [-0.1, -0.05) is 41.6 Å². The summed E-state index contributed by atoms with van der Waals surface area (Å²) in [6, 6.07) is 17.1. The molecule has 1 N–H and O–H groups in total. The molecule has 0 fully saturated rings. The van der Waals surface area contributed by atoms with Crippen LogP contribution in [0.5, 0.6) is 0 Å². The largest absolute Gasteiger partial charge is 0.325 e. The predicted octanol–water partition coefficient (Wildman–Crippen LogP) is 4.58. The normalized spacial score (nSPS) is 11.2. The van der Waals surface area contributed by atoms with Crippen molar-refractivity contribution in [1.82, 2.24) is 14.6 Å². The zero-order valence-electron chi connectivity index (χ0n) is 13.9. The van der Waals surface area contributed by atoms with E-state index in [1.54, 1.807) is 0 Å². The number of carbonyl (C=O) groups excluding carboxylic acids is 1. The minimum absolute atomic E-state index is 0.0857. The Balaban J connectivity index is 1.62. The Morgan fingerprint density at radius 3 is 2.77 bits per heavy atom. The maximum Gasteiger partial charge on any atom is 0.234 e. The van der Waals surface area contributed by atoms with Crippen molar-refractivity contribution in [3.05, 3.63) is 65.2 Å². The zero-order chi connectivity index (χ0) is 18.1. The van der Waals surface area contributed by atoms with Gasteiger partial charge in [0, 0.05) is 16.1 Å². The molecule has 0 bridgehead atoms. The summed E-state index contributed by atoms with van der Waals surface area (Å²) in [6.45, 7) is 2.02. The lowest BCUT2D eigenvalue weighted by Gasteiger charge is -2.08. The number of fused-ring (bicyclic) bond motifs is 3. The average Bonchev–Trinajstić information content (AvgIpc) is 3.04. The molecule has 0 aliphatic rings. The molecule has 0 radical (unpaired) electrons. The van der Waals surface area contributed by atoms with Gasteiger partial charge in [0.05, 0.1) is 11.3 Å². The van der Waals surface area contributed by atoms with Gasteiger partial charge in [-0.2, -0.15) is 0 Å². The van der Waals surface area contributed by atoms with Crippen molar-refractivity contribution in [1.29, 1.82) is 0 Å². The fourth-order valence-electron chi connectivity index (χ4n) is 2.83. The summed E-state index contributed by atoms with van der Waals surface area (Å²) in [5, 5.41) is 13.8. The van der Waals surface area contributed by atoms with Crippen LogP contribution in [0.3, 0.4) is 0 Å². The minimum atomic E-state index is -0.0857. The van der Waals surface area contributed by atoms with Crippen molar-refractivity contribution < 1.29 is 4.79 Å². The van der Waals surface area contributed by atoms with Crippen molar-refractivity contribution >= 4 is 51.5 Å².